The molecule has 0 saturated carbocycles. The fraction of sp³-hybridized carbons (Fsp3) is 0.400. The highest BCUT2D eigenvalue weighted by molar-refractivity contribution is 5.69. The number of nitrogens with zero attached hydrogens (tertiary/aromatic N) is 3. The van der Waals surface area contributed by atoms with Gasteiger partial charge in [0.25, 0.3) is 5.56 Å². The van der Waals surface area contributed by atoms with E-state index in [9.17, 15) is 15.0 Å². The molecule has 0 saturated heterocycles. The molecule has 0 unspecified atom stereocenters. The van der Waals surface area contributed by atoms with Gasteiger partial charge in [-0.15, -0.1) is 0 Å². The van der Waals surface area contributed by atoms with Crippen molar-refractivity contribution in [3.05, 3.63) is 22.2 Å². The second-order valence-corrected chi connectivity index (χ2v) is 4.01. The quantitative estimate of drug-likeness (QED) is 0.408. The normalized spacial score (nSPS) is 14.5. The lowest BCUT2D eigenvalue weighted by atomic mass is 10.1. The van der Waals surface area contributed by atoms with Crippen LogP contribution in [0.4, 0.5) is 5.95 Å². The molecule has 0 aliphatic heterocycles. The zero-order valence-electron chi connectivity index (χ0n) is 9.82. The van der Waals surface area contributed by atoms with E-state index in [1.807, 2.05) is 0 Å². The van der Waals surface area contributed by atoms with E-state index in [0.717, 1.165) is 0 Å². The summed E-state index contributed by atoms with van der Waals surface area (Å²) in [6, 6.07) is 0. The molecule has 19 heavy (non-hydrogen) atoms. The molecule has 2 atom stereocenters. The zero-order valence-corrected chi connectivity index (χ0v) is 9.82. The van der Waals surface area contributed by atoms with E-state index in [1.54, 1.807) is 0 Å². The molecule has 6 N–H and O–H groups in total. The molecule has 0 aliphatic carbocycles. The first kappa shape index (κ1) is 13.3. The van der Waals surface area contributed by atoms with Crippen molar-refractivity contribution in [1.82, 2.24) is 19.9 Å². The van der Waals surface area contributed by atoms with Crippen LogP contribution in [0.25, 0.3) is 11.2 Å². The molecule has 0 fully saturated rings. The molecular formula is C10H13N5O4. The molecule has 2 heterocycles. The van der Waals surface area contributed by atoms with Gasteiger partial charge in [0.05, 0.1) is 24.6 Å². The molecule has 2 aromatic heterocycles. The summed E-state index contributed by atoms with van der Waals surface area (Å²) in [4.78, 5) is 25.6. The number of hydrogen-bond acceptors (Lipinski definition) is 8. The van der Waals surface area contributed by atoms with Gasteiger partial charge >= 0.3 is 0 Å². The number of anilines is 1. The number of aliphatic hydroxyl groups is 3. The van der Waals surface area contributed by atoms with Crippen molar-refractivity contribution in [3.63, 3.8) is 0 Å². The summed E-state index contributed by atoms with van der Waals surface area (Å²) >= 11 is 0. The van der Waals surface area contributed by atoms with Crippen LogP contribution in [0.15, 0.2) is 11.0 Å². The molecule has 0 spiro atoms. The fourth-order valence-electron chi connectivity index (χ4n) is 1.54. The molecule has 9 heteroatoms. The predicted molar refractivity (Wildman–Crippen MR) is 65.2 cm³/mol. The van der Waals surface area contributed by atoms with Gasteiger partial charge in [-0.25, -0.2) is 9.97 Å². The van der Waals surface area contributed by atoms with Gasteiger partial charge in [-0.1, -0.05) is 0 Å². The minimum atomic E-state index is -1.28. The first-order valence-electron chi connectivity index (χ1n) is 5.49. The van der Waals surface area contributed by atoms with E-state index >= 15 is 0 Å². The van der Waals surface area contributed by atoms with Crippen molar-refractivity contribution in [3.8, 4) is 0 Å². The number of fused-ring (bicyclic) bond motifs is 1. The Morgan fingerprint density at radius 3 is 2.74 bits per heavy atom. The summed E-state index contributed by atoms with van der Waals surface area (Å²) in [7, 11) is 0. The summed E-state index contributed by atoms with van der Waals surface area (Å²) < 4.78 is 0. The Hall–Kier alpha value is -2.10. The standard InChI is InChI=1S/C10H13N5O4/c11-10-14-8-7(9(19)15-10)13-4(2-12-8)1-5(17)6(18)3-16/h2,5-6,16-18H,1,3H2,(H3,11,12,14,15,19)/t5-,6+/m1/s1. The monoisotopic (exact) mass is 267 g/mol. The van der Waals surface area contributed by atoms with Gasteiger partial charge < -0.3 is 21.1 Å². The van der Waals surface area contributed by atoms with Crippen LogP contribution < -0.4 is 11.3 Å². The van der Waals surface area contributed by atoms with Crippen molar-refractivity contribution in [2.75, 3.05) is 12.3 Å². The number of aliphatic hydroxyl groups excluding tert-OH is 3. The first-order valence-corrected chi connectivity index (χ1v) is 5.49. The summed E-state index contributed by atoms with van der Waals surface area (Å²) in [5.41, 5.74) is 5.23. The number of aromatic nitrogens is 4. The third kappa shape index (κ3) is 2.84. The second-order valence-electron chi connectivity index (χ2n) is 4.01. The first-order chi connectivity index (χ1) is 9.01. The van der Waals surface area contributed by atoms with E-state index in [1.165, 1.54) is 6.20 Å². The van der Waals surface area contributed by atoms with Gasteiger partial charge in [0, 0.05) is 6.42 Å². The Kier molecular flexibility index (Phi) is 3.69. The minimum absolute atomic E-state index is 0.00242. The van der Waals surface area contributed by atoms with Crippen LogP contribution in [-0.4, -0.2) is 54.1 Å². The Balaban J connectivity index is 2.34. The van der Waals surface area contributed by atoms with Crippen molar-refractivity contribution in [1.29, 1.82) is 0 Å². The topological polar surface area (TPSA) is 158 Å². The van der Waals surface area contributed by atoms with Crippen LogP contribution in [0.3, 0.4) is 0 Å². The molecule has 0 amide bonds. The zero-order chi connectivity index (χ0) is 14.0. The molecule has 9 nitrogen and oxygen atoms in total. The Labute approximate surface area is 106 Å². The summed E-state index contributed by atoms with van der Waals surface area (Å²) in [6.07, 6.45) is -1.20. The average Bonchev–Trinajstić information content (AvgIpc) is 2.38. The molecule has 102 valence electrons. The number of nitrogens with one attached hydrogen (secondary N) is 1. The molecule has 0 aromatic carbocycles. The van der Waals surface area contributed by atoms with Gasteiger partial charge in [0.1, 0.15) is 6.10 Å². The average molecular weight is 267 g/mol. The van der Waals surface area contributed by atoms with Gasteiger partial charge in [0.15, 0.2) is 11.2 Å². The minimum Gasteiger partial charge on any atom is -0.394 e. The number of nitrogen functional groups attached to an aromatic ring is 1. The molecule has 0 aliphatic rings. The summed E-state index contributed by atoms with van der Waals surface area (Å²) in [6.45, 7) is -0.569. The maximum absolute atomic E-state index is 11.6. The highest BCUT2D eigenvalue weighted by Gasteiger charge is 2.17. The predicted octanol–water partition coefficient (Wildman–Crippen LogP) is -2.45. The number of rotatable bonds is 4. The molecule has 2 aromatic rings. The SMILES string of the molecule is Nc1nc2ncc(C[C@@H](O)[C@@H](O)CO)nc2c(=O)[nH]1. The van der Waals surface area contributed by atoms with E-state index < -0.39 is 24.4 Å². The Morgan fingerprint density at radius 1 is 1.32 bits per heavy atom. The maximum Gasteiger partial charge on any atom is 0.280 e. The lowest BCUT2D eigenvalue weighted by Crippen LogP contribution is -2.31. The number of H-pyrrole nitrogens is 1. The molecule has 0 bridgehead atoms. The molecule has 0 radical (unpaired) electrons. The van der Waals surface area contributed by atoms with Crippen LogP contribution in [0.5, 0.6) is 0 Å². The van der Waals surface area contributed by atoms with Gasteiger partial charge in [-0.05, 0) is 0 Å². The second kappa shape index (κ2) is 5.26. The number of nitrogens with two attached hydrogens (primary N) is 1. The van der Waals surface area contributed by atoms with Crippen LogP contribution >= 0.6 is 0 Å². The van der Waals surface area contributed by atoms with E-state index in [2.05, 4.69) is 19.9 Å². The third-order valence-corrected chi connectivity index (χ3v) is 2.54. The van der Waals surface area contributed by atoms with Gasteiger partial charge in [-0.3, -0.25) is 9.78 Å². The van der Waals surface area contributed by atoms with E-state index in [-0.39, 0.29) is 23.5 Å². The highest BCUT2D eigenvalue weighted by atomic mass is 16.4. The van der Waals surface area contributed by atoms with Crippen LogP contribution in [0, 0.1) is 0 Å². The van der Waals surface area contributed by atoms with Crippen molar-refractivity contribution in [2.45, 2.75) is 18.6 Å². The third-order valence-electron chi connectivity index (χ3n) is 2.54. The fourth-order valence-corrected chi connectivity index (χ4v) is 1.54. The van der Waals surface area contributed by atoms with Crippen molar-refractivity contribution in [2.24, 2.45) is 0 Å². The summed E-state index contributed by atoms with van der Waals surface area (Å²) in [5.74, 6) is -0.0599. The van der Waals surface area contributed by atoms with Crippen LogP contribution in [0.2, 0.25) is 0 Å². The number of aromatic amines is 1. The van der Waals surface area contributed by atoms with E-state index in [0.29, 0.717) is 5.69 Å². The Morgan fingerprint density at radius 2 is 2.05 bits per heavy atom. The largest absolute Gasteiger partial charge is 0.394 e. The molecular weight excluding hydrogens is 254 g/mol. The summed E-state index contributed by atoms with van der Waals surface area (Å²) in [5, 5.41) is 27.5. The van der Waals surface area contributed by atoms with Crippen LogP contribution in [-0.2, 0) is 6.42 Å². The van der Waals surface area contributed by atoms with Crippen molar-refractivity contribution < 1.29 is 15.3 Å². The van der Waals surface area contributed by atoms with Crippen LogP contribution in [0.1, 0.15) is 5.69 Å². The smallest absolute Gasteiger partial charge is 0.280 e. The molecule has 2 rings (SSSR count). The maximum atomic E-state index is 11.6. The number of hydrogen-bond donors (Lipinski definition) is 5. The van der Waals surface area contributed by atoms with Gasteiger partial charge in [0.2, 0.25) is 5.95 Å². The van der Waals surface area contributed by atoms with E-state index in [4.69, 9.17) is 10.8 Å². The lowest BCUT2D eigenvalue weighted by molar-refractivity contribution is -0.0136. The van der Waals surface area contributed by atoms with Gasteiger partial charge in [-0.2, -0.15) is 4.98 Å². The Bertz CT molecular complexity index is 643. The highest BCUT2D eigenvalue weighted by Crippen LogP contribution is 2.07. The van der Waals surface area contributed by atoms with Crippen molar-refractivity contribution >= 4 is 17.1 Å². The lowest BCUT2D eigenvalue weighted by Gasteiger charge is -2.14.